The van der Waals surface area contributed by atoms with Gasteiger partial charge in [0, 0.05) is 15.7 Å². The number of hydrogen-bond donors (Lipinski definition) is 3. The monoisotopic (exact) mass is 302 g/mol. The Labute approximate surface area is 122 Å². The molecule has 1 aromatic rings. The van der Waals surface area contributed by atoms with Crippen molar-refractivity contribution in [2.45, 2.75) is 37.8 Å². The van der Waals surface area contributed by atoms with Gasteiger partial charge in [-0.05, 0) is 31.0 Å². The molecule has 0 aromatic heterocycles. The largest absolute Gasteiger partial charge is 0.391 e. The van der Waals surface area contributed by atoms with Crippen LogP contribution in [0.4, 0.5) is 10.5 Å². The van der Waals surface area contributed by atoms with E-state index in [0.29, 0.717) is 15.7 Å². The standard InChI is InChI=1S/C13H16Cl2N2O2/c14-8-5-9(15)7-10(6-8)16-13(19)17-11-3-1-2-4-12(11)18/h5-7,11-12,18H,1-4H2,(H2,16,17,19)/t11-,12-/m1/s1. The Morgan fingerprint density at radius 2 is 1.79 bits per heavy atom. The zero-order valence-corrected chi connectivity index (χ0v) is 11.8. The fourth-order valence-corrected chi connectivity index (χ4v) is 2.77. The number of urea groups is 1. The highest BCUT2D eigenvalue weighted by atomic mass is 35.5. The molecule has 19 heavy (non-hydrogen) atoms. The van der Waals surface area contributed by atoms with E-state index in [1.807, 2.05) is 0 Å². The molecule has 1 fully saturated rings. The summed E-state index contributed by atoms with van der Waals surface area (Å²) in [5.41, 5.74) is 0.528. The van der Waals surface area contributed by atoms with Crippen LogP contribution in [-0.2, 0) is 0 Å². The average Bonchev–Trinajstić information content (AvgIpc) is 2.30. The molecule has 0 spiro atoms. The van der Waals surface area contributed by atoms with Gasteiger partial charge in [-0.1, -0.05) is 36.0 Å². The van der Waals surface area contributed by atoms with Gasteiger partial charge in [0.05, 0.1) is 12.1 Å². The molecule has 0 heterocycles. The Bertz CT molecular complexity index is 448. The van der Waals surface area contributed by atoms with Crippen LogP contribution in [0.1, 0.15) is 25.7 Å². The van der Waals surface area contributed by atoms with E-state index in [9.17, 15) is 9.90 Å². The van der Waals surface area contributed by atoms with Gasteiger partial charge < -0.3 is 15.7 Å². The first kappa shape index (κ1) is 14.4. The lowest BCUT2D eigenvalue weighted by atomic mass is 9.93. The van der Waals surface area contributed by atoms with Crippen molar-refractivity contribution in [2.75, 3.05) is 5.32 Å². The molecule has 1 aromatic carbocycles. The average molecular weight is 303 g/mol. The highest BCUT2D eigenvalue weighted by Crippen LogP contribution is 2.23. The fraction of sp³-hybridized carbons (Fsp3) is 0.462. The number of carbonyl (C=O) groups is 1. The number of rotatable bonds is 2. The summed E-state index contributed by atoms with van der Waals surface area (Å²) in [7, 11) is 0. The third-order valence-corrected chi connectivity index (χ3v) is 3.60. The van der Waals surface area contributed by atoms with E-state index in [-0.39, 0.29) is 12.1 Å². The lowest BCUT2D eigenvalue weighted by Gasteiger charge is -2.28. The van der Waals surface area contributed by atoms with Crippen LogP contribution in [0.15, 0.2) is 18.2 Å². The minimum atomic E-state index is -0.470. The van der Waals surface area contributed by atoms with Gasteiger partial charge in [-0.15, -0.1) is 0 Å². The molecule has 4 nitrogen and oxygen atoms in total. The maximum absolute atomic E-state index is 11.8. The lowest BCUT2D eigenvalue weighted by molar-refractivity contribution is 0.0955. The molecule has 2 atom stereocenters. The molecule has 0 radical (unpaired) electrons. The van der Waals surface area contributed by atoms with Crippen LogP contribution >= 0.6 is 23.2 Å². The van der Waals surface area contributed by atoms with Crippen LogP contribution in [0.5, 0.6) is 0 Å². The van der Waals surface area contributed by atoms with Crippen LogP contribution in [0.25, 0.3) is 0 Å². The Morgan fingerprint density at radius 1 is 1.16 bits per heavy atom. The second kappa shape index (κ2) is 6.46. The van der Waals surface area contributed by atoms with Gasteiger partial charge in [0.1, 0.15) is 0 Å². The maximum atomic E-state index is 11.8. The number of aliphatic hydroxyl groups excluding tert-OH is 1. The molecule has 0 unspecified atom stereocenters. The molecule has 2 amide bonds. The van der Waals surface area contributed by atoms with Gasteiger partial charge in [-0.25, -0.2) is 4.79 Å². The zero-order chi connectivity index (χ0) is 13.8. The molecule has 1 aliphatic rings. The summed E-state index contributed by atoms with van der Waals surface area (Å²) in [6, 6.07) is 4.28. The summed E-state index contributed by atoms with van der Waals surface area (Å²) in [5, 5.41) is 16.1. The van der Waals surface area contributed by atoms with Crippen molar-refractivity contribution >= 4 is 34.9 Å². The summed E-state index contributed by atoms with van der Waals surface area (Å²) < 4.78 is 0. The molecule has 0 saturated heterocycles. The van der Waals surface area contributed by atoms with Gasteiger partial charge in [-0.3, -0.25) is 0 Å². The molecule has 3 N–H and O–H groups in total. The Hall–Kier alpha value is -0.970. The van der Waals surface area contributed by atoms with Crippen LogP contribution in [0, 0.1) is 0 Å². The number of halogens is 2. The first-order valence-electron chi connectivity index (χ1n) is 6.26. The van der Waals surface area contributed by atoms with Crippen LogP contribution in [0.3, 0.4) is 0 Å². The van der Waals surface area contributed by atoms with Gasteiger partial charge in [0.15, 0.2) is 0 Å². The van der Waals surface area contributed by atoms with Crippen LogP contribution < -0.4 is 10.6 Å². The summed E-state index contributed by atoms with van der Waals surface area (Å²) in [6.45, 7) is 0. The fourth-order valence-electron chi connectivity index (χ4n) is 2.24. The van der Waals surface area contributed by atoms with E-state index < -0.39 is 6.10 Å². The van der Waals surface area contributed by atoms with Crippen molar-refractivity contribution < 1.29 is 9.90 Å². The van der Waals surface area contributed by atoms with Crippen molar-refractivity contribution in [2.24, 2.45) is 0 Å². The summed E-state index contributed by atoms with van der Waals surface area (Å²) >= 11 is 11.7. The van der Waals surface area contributed by atoms with Gasteiger partial charge in [0.25, 0.3) is 0 Å². The quantitative estimate of drug-likeness (QED) is 0.784. The third kappa shape index (κ3) is 4.27. The molecule has 1 saturated carbocycles. The van der Waals surface area contributed by atoms with E-state index in [0.717, 1.165) is 25.7 Å². The van der Waals surface area contributed by atoms with E-state index in [1.54, 1.807) is 18.2 Å². The highest BCUT2D eigenvalue weighted by molar-refractivity contribution is 6.35. The Kier molecular flexibility index (Phi) is 4.91. The van der Waals surface area contributed by atoms with Gasteiger partial charge >= 0.3 is 6.03 Å². The van der Waals surface area contributed by atoms with Crippen LogP contribution in [0.2, 0.25) is 10.0 Å². The summed E-state index contributed by atoms with van der Waals surface area (Å²) in [4.78, 5) is 11.8. The van der Waals surface area contributed by atoms with E-state index in [4.69, 9.17) is 23.2 Å². The predicted molar refractivity (Wildman–Crippen MR) is 76.9 cm³/mol. The van der Waals surface area contributed by atoms with Crippen molar-refractivity contribution in [3.8, 4) is 0 Å². The van der Waals surface area contributed by atoms with Crippen molar-refractivity contribution in [1.29, 1.82) is 0 Å². The minimum absolute atomic E-state index is 0.191. The summed E-state index contributed by atoms with van der Waals surface area (Å²) in [6.07, 6.45) is 3.08. The second-order valence-corrected chi connectivity index (χ2v) is 5.59. The van der Waals surface area contributed by atoms with E-state index in [1.165, 1.54) is 0 Å². The second-order valence-electron chi connectivity index (χ2n) is 4.71. The molecular weight excluding hydrogens is 287 g/mol. The first-order chi connectivity index (χ1) is 9.04. The van der Waals surface area contributed by atoms with E-state index in [2.05, 4.69) is 10.6 Å². The number of carbonyl (C=O) groups excluding carboxylic acids is 1. The SMILES string of the molecule is O=C(Nc1cc(Cl)cc(Cl)c1)N[C@@H]1CCCC[C@H]1O. The van der Waals surface area contributed by atoms with Crippen molar-refractivity contribution in [3.05, 3.63) is 28.2 Å². The molecule has 1 aliphatic carbocycles. The van der Waals surface area contributed by atoms with Crippen molar-refractivity contribution in [3.63, 3.8) is 0 Å². The highest BCUT2D eigenvalue weighted by Gasteiger charge is 2.24. The first-order valence-corrected chi connectivity index (χ1v) is 7.02. The topological polar surface area (TPSA) is 61.4 Å². The number of hydrogen-bond acceptors (Lipinski definition) is 2. The number of nitrogens with one attached hydrogen (secondary N) is 2. The number of anilines is 1. The normalized spacial score (nSPS) is 22.9. The smallest absolute Gasteiger partial charge is 0.319 e. The van der Waals surface area contributed by atoms with Crippen LogP contribution in [-0.4, -0.2) is 23.3 Å². The van der Waals surface area contributed by atoms with Gasteiger partial charge in [-0.2, -0.15) is 0 Å². The zero-order valence-electron chi connectivity index (χ0n) is 10.3. The molecule has 0 bridgehead atoms. The van der Waals surface area contributed by atoms with E-state index >= 15 is 0 Å². The Morgan fingerprint density at radius 3 is 2.42 bits per heavy atom. The van der Waals surface area contributed by atoms with Crippen molar-refractivity contribution in [1.82, 2.24) is 5.32 Å². The number of aliphatic hydroxyl groups is 1. The molecule has 6 heteroatoms. The lowest BCUT2D eigenvalue weighted by Crippen LogP contribution is -2.46. The Balaban J connectivity index is 1.93. The molecular formula is C13H16Cl2N2O2. The summed E-state index contributed by atoms with van der Waals surface area (Å²) in [5.74, 6) is 0. The van der Waals surface area contributed by atoms with Gasteiger partial charge in [0.2, 0.25) is 0 Å². The molecule has 2 rings (SSSR count). The predicted octanol–water partition coefficient (Wildman–Crippen LogP) is 3.42. The molecule has 0 aliphatic heterocycles. The third-order valence-electron chi connectivity index (χ3n) is 3.17. The molecule has 104 valence electrons. The maximum Gasteiger partial charge on any atom is 0.319 e. The number of benzene rings is 1. The number of amides is 2. The minimum Gasteiger partial charge on any atom is -0.391 e.